The summed E-state index contributed by atoms with van der Waals surface area (Å²) in [7, 11) is 0. The van der Waals surface area contributed by atoms with Crippen LogP contribution in [-0.2, 0) is 16.7 Å². The Morgan fingerprint density at radius 3 is 1.80 bits per heavy atom. The van der Waals surface area contributed by atoms with E-state index >= 15 is 0 Å². The van der Waals surface area contributed by atoms with E-state index in [1.165, 1.54) is 82.9 Å². The smallest absolute Gasteiger partial charge is 0.362 e. The Kier molecular flexibility index (Phi) is 8.46. The van der Waals surface area contributed by atoms with Gasteiger partial charge in [-0.3, -0.25) is 0 Å². The fourth-order valence-corrected chi connectivity index (χ4v) is 9.60. The Morgan fingerprint density at radius 2 is 1.03 bits per heavy atom. The molecule has 0 N–H and O–H groups in total. The first-order valence-electron chi connectivity index (χ1n) is 20.6. The molecule has 9 aromatic rings. The van der Waals surface area contributed by atoms with Crippen molar-refractivity contribution in [1.82, 2.24) is 0 Å². The summed E-state index contributed by atoms with van der Waals surface area (Å²) in [5.41, 5.74) is 19.4. The molecular weight excluding hydrogens is 713 g/mol. The fraction of sp³-hybridized carbons (Fsp3) is 0.0714. The van der Waals surface area contributed by atoms with Gasteiger partial charge < -0.3 is 9.55 Å². The van der Waals surface area contributed by atoms with Gasteiger partial charge in [-0.05, 0) is 120 Å². The van der Waals surface area contributed by atoms with Crippen molar-refractivity contribution in [2.75, 3.05) is 4.90 Å². The molecule has 1 aliphatic heterocycles. The number of nitrogens with zero attached hydrogens (tertiary/aromatic N) is 1. The molecule has 0 unspecified atom stereocenters. The summed E-state index contributed by atoms with van der Waals surface area (Å²) in [5.74, 6) is 0. The van der Waals surface area contributed by atoms with Crippen molar-refractivity contribution in [2.45, 2.75) is 25.9 Å². The van der Waals surface area contributed by atoms with E-state index in [2.05, 4.69) is 225 Å². The third kappa shape index (κ3) is 6.01. The van der Waals surface area contributed by atoms with Crippen molar-refractivity contribution >= 4 is 45.7 Å². The Hall–Kier alpha value is -6.94. The van der Waals surface area contributed by atoms with Crippen LogP contribution in [0.25, 0.3) is 55.3 Å². The van der Waals surface area contributed by atoms with E-state index in [0.717, 1.165) is 17.1 Å². The Bertz CT molecular complexity index is 3010. The van der Waals surface area contributed by atoms with Gasteiger partial charge in [0.05, 0.1) is 12.3 Å². The summed E-state index contributed by atoms with van der Waals surface area (Å²) in [4.78, 5) is 2.48. The molecule has 280 valence electrons. The zero-order valence-corrected chi connectivity index (χ0v) is 33.3. The molecule has 0 saturated heterocycles. The van der Waals surface area contributed by atoms with E-state index in [1.807, 2.05) is 0 Å². The summed E-state index contributed by atoms with van der Waals surface area (Å²) >= 11 is 0. The minimum atomic E-state index is -0.181. The van der Waals surface area contributed by atoms with Gasteiger partial charge in [-0.1, -0.05) is 178 Å². The van der Waals surface area contributed by atoms with Crippen LogP contribution >= 0.6 is 0 Å². The van der Waals surface area contributed by atoms with Crippen LogP contribution in [-0.4, -0.2) is 6.92 Å². The SMILES string of the molecule is CC1(C)c2ccccc2-c2cc(-c3cccc4c3COB4c3ccccc3)c(N(c3ccc(-c4ccccc4)cc3)c3ccc4cc(-c5ccccc5)ccc4c3)cc21. The van der Waals surface area contributed by atoms with Crippen LogP contribution in [0.3, 0.4) is 0 Å². The molecule has 11 rings (SSSR count). The predicted molar refractivity (Wildman–Crippen MR) is 249 cm³/mol. The normalized spacial score (nSPS) is 13.6. The number of hydrogen-bond donors (Lipinski definition) is 0. The van der Waals surface area contributed by atoms with Crippen LogP contribution < -0.4 is 15.8 Å². The van der Waals surface area contributed by atoms with Crippen LogP contribution in [0.1, 0.15) is 30.5 Å². The molecule has 0 saturated carbocycles. The number of benzene rings is 9. The zero-order valence-electron chi connectivity index (χ0n) is 33.3. The van der Waals surface area contributed by atoms with E-state index < -0.39 is 0 Å². The molecule has 1 aliphatic carbocycles. The molecule has 9 aromatic carbocycles. The van der Waals surface area contributed by atoms with Crippen LogP contribution in [0, 0.1) is 0 Å². The first kappa shape index (κ1) is 35.2. The maximum atomic E-state index is 6.65. The first-order valence-corrected chi connectivity index (χ1v) is 20.6. The quantitative estimate of drug-likeness (QED) is 0.150. The zero-order chi connectivity index (χ0) is 39.5. The molecule has 0 atom stereocenters. The van der Waals surface area contributed by atoms with E-state index in [1.54, 1.807) is 0 Å². The van der Waals surface area contributed by atoms with Gasteiger partial charge in [0.2, 0.25) is 0 Å². The largest absolute Gasteiger partial charge is 0.423 e. The van der Waals surface area contributed by atoms with Crippen molar-refractivity contribution in [3.05, 3.63) is 223 Å². The van der Waals surface area contributed by atoms with Crippen LogP contribution in [0.15, 0.2) is 206 Å². The predicted octanol–water partition coefficient (Wildman–Crippen LogP) is 13.3. The summed E-state index contributed by atoms with van der Waals surface area (Å²) in [6.45, 7) is 5.19. The lowest BCUT2D eigenvalue weighted by molar-refractivity contribution is 0.337. The second kappa shape index (κ2) is 14.2. The highest BCUT2D eigenvalue weighted by Crippen LogP contribution is 2.54. The summed E-state index contributed by atoms with van der Waals surface area (Å²) in [6.07, 6.45) is 0. The highest BCUT2D eigenvalue weighted by Gasteiger charge is 2.38. The minimum absolute atomic E-state index is 0.105. The molecule has 0 aromatic heterocycles. The second-order valence-electron chi connectivity index (χ2n) is 16.4. The van der Waals surface area contributed by atoms with E-state index in [4.69, 9.17) is 4.65 Å². The highest BCUT2D eigenvalue weighted by molar-refractivity contribution is 6.81. The number of hydrogen-bond acceptors (Lipinski definition) is 2. The van der Waals surface area contributed by atoms with E-state index in [-0.39, 0.29) is 12.3 Å². The third-order valence-electron chi connectivity index (χ3n) is 12.6. The summed E-state index contributed by atoms with van der Waals surface area (Å²) in [5, 5.41) is 2.41. The van der Waals surface area contributed by atoms with Gasteiger partial charge in [0.15, 0.2) is 0 Å². The molecule has 0 radical (unpaired) electrons. The lowest BCUT2D eigenvalue weighted by Gasteiger charge is -2.31. The molecular formula is C56H42BNO. The molecule has 1 heterocycles. The van der Waals surface area contributed by atoms with Crippen molar-refractivity contribution in [2.24, 2.45) is 0 Å². The average molecular weight is 756 g/mol. The van der Waals surface area contributed by atoms with Gasteiger partial charge in [0.1, 0.15) is 0 Å². The van der Waals surface area contributed by atoms with Crippen LogP contribution in [0.5, 0.6) is 0 Å². The van der Waals surface area contributed by atoms with Crippen molar-refractivity contribution in [1.29, 1.82) is 0 Å². The number of rotatable bonds is 7. The molecule has 0 spiro atoms. The average Bonchev–Trinajstić information content (AvgIpc) is 3.83. The van der Waals surface area contributed by atoms with E-state index in [9.17, 15) is 0 Å². The molecule has 2 aliphatic rings. The molecule has 0 bridgehead atoms. The van der Waals surface area contributed by atoms with Crippen molar-refractivity contribution in [3.63, 3.8) is 0 Å². The van der Waals surface area contributed by atoms with Crippen LogP contribution in [0.4, 0.5) is 17.1 Å². The number of anilines is 3. The van der Waals surface area contributed by atoms with Crippen molar-refractivity contribution < 1.29 is 4.65 Å². The molecule has 59 heavy (non-hydrogen) atoms. The van der Waals surface area contributed by atoms with E-state index in [0.29, 0.717) is 6.61 Å². The monoisotopic (exact) mass is 755 g/mol. The highest BCUT2D eigenvalue weighted by atomic mass is 16.4. The summed E-state index contributed by atoms with van der Waals surface area (Å²) in [6, 6.07) is 75.5. The van der Waals surface area contributed by atoms with Gasteiger partial charge in [-0.15, -0.1) is 0 Å². The lowest BCUT2D eigenvalue weighted by atomic mass is 9.55. The van der Waals surface area contributed by atoms with Gasteiger partial charge in [0.25, 0.3) is 0 Å². The lowest BCUT2D eigenvalue weighted by Crippen LogP contribution is -2.41. The Balaban J connectivity index is 1.15. The first-order chi connectivity index (χ1) is 29.0. The van der Waals surface area contributed by atoms with Gasteiger partial charge in [-0.2, -0.15) is 0 Å². The maximum absolute atomic E-state index is 6.65. The van der Waals surface area contributed by atoms with Gasteiger partial charge >= 0.3 is 6.92 Å². The van der Waals surface area contributed by atoms with Gasteiger partial charge in [-0.25, -0.2) is 0 Å². The number of fused-ring (bicyclic) bond motifs is 5. The summed E-state index contributed by atoms with van der Waals surface area (Å²) < 4.78 is 6.65. The van der Waals surface area contributed by atoms with Crippen LogP contribution in [0.2, 0.25) is 0 Å². The molecule has 2 nitrogen and oxygen atoms in total. The van der Waals surface area contributed by atoms with Crippen molar-refractivity contribution in [3.8, 4) is 44.5 Å². The fourth-order valence-electron chi connectivity index (χ4n) is 9.60. The maximum Gasteiger partial charge on any atom is 0.362 e. The van der Waals surface area contributed by atoms with Gasteiger partial charge in [0, 0.05) is 22.4 Å². The third-order valence-corrected chi connectivity index (χ3v) is 12.6. The molecule has 3 heteroatoms. The molecule has 0 fully saturated rings. The standard InChI is InChI=1S/C56H42BNO/c1-56(2)52-23-13-12-21-48(52)49-35-50(47-22-14-24-54-51(47)37-59-57(54)44-19-10-5-11-20-44)55(36-53(49)56)58(45-30-27-40(28-31-45)38-15-6-3-7-16-38)46-32-29-42-33-41(25-26-43(42)34-46)39-17-8-4-9-18-39/h3-36H,37H2,1-2H3. The topological polar surface area (TPSA) is 12.5 Å². The second-order valence-corrected chi connectivity index (χ2v) is 16.4. The molecule has 0 amide bonds. The Morgan fingerprint density at radius 1 is 0.441 bits per heavy atom. The Labute approximate surface area is 347 Å². The minimum Gasteiger partial charge on any atom is -0.423 e.